The second kappa shape index (κ2) is 14.4. The van der Waals surface area contributed by atoms with Crippen LogP contribution in [0.4, 0.5) is 0 Å². The van der Waals surface area contributed by atoms with Crippen molar-refractivity contribution in [2.75, 3.05) is 19.6 Å². The second-order valence-corrected chi connectivity index (χ2v) is 10.9. The molecule has 0 heterocycles. The van der Waals surface area contributed by atoms with Crippen molar-refractivity contribution >= 4 is 40.5 Å². The summed E-state index contributed by atoms with van der Waals surface area (Å²) >= 11 is 0. The third-order valence-electron chi connectivity index (χ3n) is 9.47. The third-order valence-corrected chi connectivity index (χ3v) is 9.47. The van der Waals surface area contributed by atoms with Crippen LogP contribution < -0.4 is 10.6 Å². The van der Waals surface area contributed by atoms with Crippen LogP contribution in [0.25, 0.3) is 0 Å². The Kier molecular flexibility index (Phi) is 18.2. The van der Waals surface area contributed by atoms with E-state index >= 15 is 0 Å². The predicted molar refractivity (Wildman–Crippen MR) is 160 cm³/mol. The van der Waals surface area contributed by atoms with E-state index in [-0.39, 0.29) is 70.2 Å². The van der Waals surface area contributed by atoms with Gasteiger partial charge in [-0.1, -0.05) is 64.3 Å². The Morgan fingerprint density at radius 1 is 0.710 bits per heavy atom. The SMILES string of the molecule is C.C.C.C.C[C@@H]1C2C[C@@H](C[C@H]1NCCNCC1CCC3C[C@@H]1C3(C)C)C2(C)C.S.S.S. The first-order valence-electron chi connectivity index (χ1n) is 10.8. The number of rotatable bonds is 6. The van der Waals surface area contributed by atoms with Crippen LogP contribution in [-0.4, -0.2) is 25.7 Å². The van der Waals surface area contributed by atoms with Gasteiger partial charge in [-0.25, -0.2) is 0 Å². The van der Waals surface area contributed by atoms with Crippen molar-refractivity contribution in [2.45, 2.75) is 102 Å². The van der Waals surface area contributed by atoms with Gasteiger partial charge in [-0.15, -0.1) is 0 Å². The maximum atomic E-state index is 3.88. The van der Waals surface area contributed by atoms with Crippen LogP contribution >= 0.6 is 40.5 Å². The van der Waals surface area contributed by atoms with Crippen LogP contribution in [0.1, 0.15) is 96.4 Å². The van der Waals surface area contributed by atoms with Crippen molar-refractivity contribution in [1.82, 2.24) is 10.6 Å². The van der Waals surface area contributed by atoms with E-state index in [2.05, 4.69) is 45.3 Å². The molecule has 0 spiro atoms. The largest absolute Gasteiger partial charge is 0.315 e. The Balaban J connectivity index is -0.000000521. The quantitative estimate of drug-likeness (QED) is 0.379. The molecule has 6 aliphatic carbocycles. The molecule has 3 unspecified atom stereocenters. The number of hydrogen-bond acceptors (Lipinski definition) is 2. The van der Waals surface area contributed by atoms with E-state index in [1.807, 2.05) is 0 Å². The number of hydrogen-bond donors (Lipinski definition) is 2. The first-order chi connectivity index (χ1) is 11.3. The molecule has 0 aromatic heterocycles. The molecule has 0 amide bonds. The molecular weight excluding hydrogens is 437 g/mol. The standard InChI is InChI=1S/C22H40N2.4CH4.3H2S/c1-14-18-11-17(22(18,4)5)12-20(14)24-9-8-23-13-15-6-7-16-10-19(15)21(16,2)3;;;;;;;/h14-20,23-24H,6-13H2,1-5H3;4*1H4;3*1H2/t14-,15?,16?,17+,18?,19+,20-;;;;;;;/m1......./s1. The predicted octanol–water partition coefficient (Wildman–Crippen LogP) is 7.19. The highest BCUT2D eigenvalue weighted by Crippen LogP contribution is 2.62. The van der Waals surface area contributed by atoms with Gasteiger partial charge in [-0.3, -0.25) is 0 Å². The first-order valence-corrected chi connectivity index (χ1v) is 10.8. The average Bonchev–Trinajstić information content (AvgIpc) is 2.55. The van der Waals surface area contributed by atoms with Gasteiger partial charge in [0.2, 0.25) is 0 Å². The summed E-state index contributed by atoms with van der Waals surface area (Å²) in [6.45, 7) is 16.1. The summed E-state index contributed by atoms with van der Waals surface area (Å²) in [6, 6.07) is 0.768. The lowest BCUT2D eigenvalue weighted by Gasteiger charge is -2.62. The van der Waals surface area contributed by atoms with Crippen molar-refractivity contribution in [3.05, 3.63) is 0 Å². The van der Waals surface area contributed by atoms with Gasteiger partial charge in [-0.05, 0) is 85.0 Å². The van der Waals surface area contributed by atoms with E-state index in [0.717, 1.165) is 54.6 Å². The van der Waals surface area contributed by atoms with E-state index in [0.29, 0.717) is 10.8 Å². The van der Waals surface area contributed by atoms with Gasteiger partial charge in [0, 0.05) is 19.1 Å². The summed E-state index contributed by atoms with van der Waals surface area (Å²) in [6.07, 6.45) is 7.36. The Hall–Kier alpha value is 0.970. The first kappa shape index (κ1) is 39.2. The summed E-state index contributed by atoms with van der Waals surface area (Å²) < 4.78 is 0. The Morgan fingerprint density at radius 3 is 1.74 bits per heavy atom. The highest BCUT2D eigenvalue weighted by atomic mass is 32.1. The zero-order valence-corrected chi connectivity index (χ0v) is 21.2. The Morgan fingerprint density at radius 2 is 1.26 bits per heavy atom. The molecule has 0 aromatic carbocycles. The molecule has 6 aliphatic rings. The fourth-order valence-corrected chi connectivity index (χ4v) is 7.26. The maximum Gasteiger partial charge on any atom is 0.00989 e. The van der Waals surface area contributed by atoms with E-state index < -0.39 is 0 Å². The minimum atomic E-state index is 0. The topological polar surface area (TPSA) is 24.1 Å². The number of nitrogens with one attached hydrogen (secondary N) is 2. The van der Waals surface area contributed by atoms with Crippen molar-refractivity contribution in [3.63, 3.8) is 0 Å². The highest BCUT2D eigenvalue weighted by Gasteiger charge is 2.56. The molecule has 0 aliphatic heterocycles. The summed E-state index contributed by atoms with van der Waals surface area (Å²) in [4.78, 5) is 0. The van der Waals surface area contributed by atoms with Gasteiger partial charge < -0.3 is 10.6 Å². The van der Waals surface area contributed by atoms with Crippen molar-refractivity contribution in [3.8, 4) is 0 Å². The molecular formula is C26H62N2S3. The molecule has 7 atom stereocenters. The average molecular weight is 499 g/mol. The molecule has 6 saturated carbocycles. The van der Waals surface area contributed by atoms with Crippen LogP contribution in [0.15, 0.2) is 0 Å². The number of fused-ring (bicyclic) bond motifs is 4. The molecule has 6 fully saturated rings. The molecule has 6 rings (SSSR count). The molecule has 0 saturated heterocycles. The molecule has 0 aromatic rings. The van der Waals surface area contributed by atoms with Gasteiger partial charge in [-0.2, -0.15) is 40.5 Å². The molecule has 2 nitrogen and oxygen atoms in total. The summed E-state index contributed by atoms with van der Waals surface area (Å²) in [5, 5.41) is 7.66. The lowest BCUT2D eigenvalue weighted by molar-refractivity contribution is -0.115. The van der Waals surface area contributed by atoms with Crippen LogP contribution in [0, 0.1) is 46.3 Å². The summed E-state index contributed by atoms with van der Waals surface area (Å²) in [7, 11) is 0. The van der Waals surface area contributed by atoms with Gasteiger partial charge in [0.15, 0.2) is 0 Å². The van der Waals surface area contributed by atoms with Crippen LogP contribution in [0.3, 0.4) is 0 Å². The minimum Gasteiger partial charge on any atom is -0.315 e. The van der Waals surface area contributed by atoms with Crippen LogP contribution in [0.5, 0.6) is 0 Å². The molecule has 194 valence electrons. The fraction of sp³-hybridized carbons (Fsp3) is 1.00. The lowest BCUT2D eigenvalue weighted by Crippen LogP contribution is -2.60. The van der Waals surface area contributed by atoms with Gasteiger partial charge in [0.05, 0.1) is 0 Å². The van der Waals surface area contributed by atoms with Gasteiger partial charge in [0.1, 0.15) is 0 Å². The van der Waals surface area contributed by atoms with Crippen LogP contribution in [0.2, 0.25) is 0 Å². The van der Waals surface area contributed by atoms with E-state index in [9.17, 15) is 0 Å². The molecule has 4 bridgehead atoms. The van der Waals surface area contributed by atoms with Crippen molar-refractivity contribution in [1.29, 1.82) is 0 Å². The minimum absolute atomic E-state index is 0. The molecule has 0 radical (unpaired) electrons. The highest BCUT2D eigenvalue weighted by molar-refractivity contribution is 7.59. The Labute approximate surface area is 219 Å². The van der Waals surface area contributed by atoms with Crippen molar-refractivity contribution < 1.29 is 0 Å². The maximum absolute atomic E-state index is 3.88. The van der Waals surface area contributed by atoms with Gasteiger partial charge >= 0.3 is 0 Å². The molecule has 5 heteroatoms. The zero-order chi connectivity index (χ0) is 17.1. The van der Waals surface area contributed by atoms with Crippen LogP contribution in [-0.2, 0) is 0 Å². The smallest absolute Gasteiger partial charge is 0.00989 e. The normalized spacial score (nSPS) is 36.9. The second-order valence-electron chi connectivity index (χ2n) is 10.9. The zero-order valence-electron chi connectivity index (χ0n) is 18.2. The monoisotopic (exact) mass is 498 g/mol. The third kappa shape index (κ3) is 6.77. The lowest BCUT2D eigenvalue weighted by atomic mass is 9.45. The summed E-state index contributed by atoms with van der Waals surface area (Å²) in [5.74, 6) is 5.74. The molecule has 2 N–H and O–H groups in total. The fourth-order valence-electron chi connectivity index (χ4n) is 7.26. The van der Waals surface area contributed by atoms with E-state index in [1.54, 1.807) is 0 Å². The van der Waals surface area contributed by atoms with Gasteiger partial charge in [0.25, 0.3) is 0 Å². The molecule has 31 heavy (non-hydrogen) atoms. The Bertz CT molecular complexity index is 481. The summed E-state index contributed by atoms with van der Waals surface area (Å²) in [5.41, 5.74) is 1.25. The van der Waals surface area contributed by atoms with Crippen molar-refractivity contribution in [2.24, 2.45) is 46.3 Å². The van der Waals surface area contributed by atoms with E-state index in [4.69, 9.17) is 0 Å². The van der Waals surface area contributed by atoms with E-state index in [1.165, 1.54) is 38.6 Å².